The Bertz CT molecular complexity index is 1280. The fourth-order valence-electron chi connectivity index (χ4n) is 3.00. The topological polar surface area (TPSA) is 140 Å². The molecule has 4 N–H and O–H groups in total. The van der Waals surface area contributed by atoms with Crippen LogP contribution in [0.15, 0.2) is 57.9 Å². The standard InChI is InChI=1S/C24H30FN5O4S/c1-5-15(2)20(26)22-28-21(29-34-22)16-9-11-19(12-10-16)35(32,33)30-18-8-6-7-17(13-18)27-23(31)24(3,4)14-25/h6-13,15,20,30H,5,14,26H2,1-4H3,(H,27,31)/t15?,20-/m0/s1. The number of carbonyl (C=O) groups excluding carboxylic acids is 1. The lowest BCUT2D eigenvalue weighted by atomic mass is 9.94. The van der Waals surface area contributed by atoms with Crippen molar-refractivity contribution in [3.8, 4) is 11.4 Å². The molecule has 0 radical (unpaired) electrons. The molecular weight excluding hydrogens is 473 g/mol. The molecule has 0 aliphatic rings. The van der Waals surface area contributed by atoms with Crippen LogP contribution in [0, 0.1) is 11.3 Å². The Kier molecular flexibility index (Phi) is 7.91. The van der Waals surface area contributed by atoms with E-state index >= 15 is 0 Å². The maximum Gasteiger partial charge on any atom is 0.261 e. The molecule has 188 valence electrons. The Hall–Kier alpha value is -3.31. The third-order valence-corrected chi connectivity index (χ3v) is 7.13. The minimum Gasteiger partial charge on any atom is -0.337 e. The van der Waals surface area contributed by atoms with Crippen LogP contribution in [0.4, 0.5) is 15.8 Å². The number of amides is 1. The molecule has 1 heterocycles. The minimum absolute atomic E-state index is 0.0225. The summed E-state index contributed by atoms with van der Waals surface area (Å²) in [6, 6.07) is 11.8. The van der Waals surface area contributed by atoms with E-state index in [1.165, 1.54) is 32.0 Å². The van der Waals surface area contributed by atoms with Gasteiger partial charge in [-0.25, -0.2) is 12.8 Å². The van der Waals surface area contributed by atoms with E-state index in [1.54, 1.807) is 30.3 Å². The van der Waals surface area contributed by atoms with Gasteiger partial charge in [0.25, 0.3) is 10.0 Å². The zero-order valence-corrected chi connectivity index (χ0v) is 20.9. The van der Waals surface area contributed by atoms with Gasteiger partial charge in [0.05, 0.1) is 22.0 Å². The average Bonchev–Trinajstić information content (AvgIpc) is 3.33. The zero-order chi connectivity index (χ0) is 25.8. The van der Waals surface area contributed by atoms with E-state index in [4.69, 9.17) is 10.3 Å². The lowest BCUT2D eigenvalue weighted by molar-refractivity contribution is -0.124. The van der Waals surface area contributed by atoms with Crippen molar-refractivity contribution < 1.29 is 22.1 Å². The number of carbonyl (C=O) groups is 1. The van der Waals surface area contributed by atoms with Gasteiger partial charge in [-0.15, -0.1) is 0 Å². The molecule has 11 heteroatoms. The minimum atomic E-state index is -3.92. The number of nitrogens with two attached hydrogens (primary N) is 1. The molecule has 3 rings (SSSR count). The number of nitrogens with zero attached hydrogens (tertiary/aromatic N) is 2. The van der Waals surface area contributed by atoms with Gasteiger partial charge in [0.15, 0.2) is 0 Å². The molecule has 1 amide bonds. The van der Waals surface area contributed by atoms with Crippen LogP contribution < -0.4 is 15.8 Å². The van der Waals surface area contributed by atoms with Crippen LogP contribution in [0.1, 0.15) is 46.0 Å². The van der Waals surface area contributed by atoms with E-state index in [9.17, 15) is 17.6 Å². The van der Waals surface area contributed by atoms with Crippen LogP contribution in [0.2, 0.25) is 0 Å². The highest BCUT2D eigenvalue weighted by molar-refractivity contribution is 7.92. The van der Waals surface area contributed by atoms with Crippen molar-refractivity contribution in [2.45, 2.75) is 45.1 Å². The molecule has 0 aliphatic carbocycles. The summed E-state index contributed by atoms with van der Waals surface area (Å²) in [5.74, 6) is 0.305. The highest BCUT2D eigenvalue weighted by atomic mass is 32.2. The summed E-state index contributed by atoms with van der Waals surface area (Å²) in [6.45, 7) is 6.16. The quantitative estimate of drug-likeness (QED) is 0.369. The maximum absolute atomic E-state index is 13.1. The number of rotatable bonds is 10. The molecule has 0 saturated heterocycles. The lowest BCUT2D eigenvalue weighted by Gasteiger charge is -2.19. The van der Waals surface area contributed by atoms with Crippen LogP contribution in [-0.4, -0.2) is 31.1 Å². The van der Waals surface area contributed by atoms with Gasteiger partial charge in [-0.2, -0.15) is 4.98 Å². The van der Waals surface area contributed by atoms with E-state index in [2.05, 4.69) is 20.2 Å². The Labute approximate surface area is 204 Å². The Morgan fingerprint density at radius 1 is 1.17 bits per heavy atom. The summed E-state index contributed by atoms with van der Waals surface area (Å²) in [5, 5.41) is 6.55. The predicted molar refractivity (Wildman–Crippen MR) is 132 cm³/mol. The monoisotopic (exact) mass is 503 g/mol. The van der Waals surface area contributed by atoms with Crippen LogP contribution in [0.25, 0.3) is 11.4 Å². The summed E-state index contributed by atoms with van der Waals surface area (Å²) in [7, 11) is -3.92. The summed E-state index contributed by atoms with van der Waals surface area (Å²) < 4.78 is 46.6. The molecule has 0 bridgehead atoms. The van der Waals surface area contributed by atoms with Crippen LogP contribution in [0.5, 0.6) is 0 Å². The zero-order valence-electron chi connectivity index (χ0n) is 20.1. The Morgan fingerprint density at radius 2 is 1.83 bits per heavy atom. The summed E-state index contributed by atoms with van der Waals surface area (Å²) in [6.07, 6.45) is 0.864. The molecule has 35 heavy (non-hydrogen) atoms. The number of sulfonamides is 1. The average molecular weight is 504 g/mol. The van der Waals surface area contributed by atoms with Crippen LogP contribution in [0.3, 0.4) is 0 Å². The Morgan fingerprint density at radius 3 is 2.46 bits per heavy atom. The van der Waals surface area contributed by atoms with E-state index in [0.29, 0.717) is 23.0 Å². The summed E-state index contributed by atoms with van der Waals surface area (Å²) in [5.41, 5.74) is 6.10. The first-order chi connectivity index (χ1) is 16.5. The van der Waals surface area contributed by atoms with Crippen molar-refractivity contribution in [3.63, 3.8) is 0 Å². The summed E-state index contributed by atoms with van der Waals surface area (Å²) >= 11 is 0. The highest BCUT2D eigenvalue weighted by Crippen LogP contribution is 2.26. The van der Waals surface area contributed by atoms with Crippen molar-refractivity contribution in [1.82, 2.24) is 10.1 Å². The second kappa shape index (κ2) is 10.5. The van der Waals surface area contributed by atoms with Crippen molar-refractivity contribution in [2.24, 2.45) is 17.1 Å². The van der Waals surface area contributed by atoms with Crippen LogP contribution in [-0.2, 0) is 14.8 Å². The van der Waals surface area contributed by atoms with Gasteiger partial charge < -0.3 is 15.6 Å². The third kappa shape index (κ3) is 6.23. The second-order valence-electron chi connectivity index (χ2n) is 9.05. The molecule has 1 unspecified atom stereocenters. The van der Waals surface area contributed by atoms with Gasteiger partial charge in [-0.3, -0.25) is 9.52 Å². The molecular formula is C24H30FN5O4S. The molecule has 0 saturated carbocycles. The summed E-state index contributed by atoms with van der Waals surface area (Å²) in [4.78, 5) is 16.6. The van der Waals surface area contributed by atoms with Crippen molar-refractivity contribution in [2.75, 3.05) is 16.7 Å². The number of halogens is 1. The number of aromatic nitrogens is 2. The lowest BCUT2D eigenvalue weighted by Crippen LogP contribution is -2.32. The van der Waals surface area contributed by atoms with E-state index in [1.807, 2.05) is 13.8 Å². The number of hydrogen-bond acceptors (Lipinski definition) is 7. The fourth-order valence-corrected chi connectivity index (χ4v) is 4.05. The molecule has 3 aromatic rings. The van der Waals surface area contributed by atoms with Gasteiger partial charge in [-0.1, -0.05) is 31.5 Å². The van der Waals surface area contributed by atoms with Crippen molar-refractivity contribution in [3.05, 3.63) is 54.4 Å². The van der Waals surface area contributed by atoms with Gasteiger partial charge in [0, 0.05) is 11.3 Å². The molecule has 0 spiro atoms. The normalized spacial score (nSPS) is 13.8. The SMILES string of the molecule is CCC(C)[C@H](N)c1nc(-c2ccc(S(=O)(=O)Nc3cccc(NC(=O)C(C)(C)CF)c3)cc2)no1. The van der Waals surface area contributed by atoms with Crippen molar-refractivity contribution >= 4 is 27.3 Å². The first-order valence-electron chi connectivity index (χ1n) is 11.2. The Balaban J connectivity index is 1.74. The number of anilines is 2. The third-order valence-electron chi connectivity index (χ3n) is 5.73. The largest absolute Gasteiger partial charge is 0.337 e. The highest BCUT2D eigenvalue weighted by Gasteiger charge is 2.27. The molecule has 1 aromatic heterocycles. The molecule has 0 aliphatic heterocycles. The number of nitrogens with one attached hydrogen (secondary N) is 2. The van der Waals surface area contributed by atoms with E-state index in [-0.39, 0.29) is 22.5 Å². The molecule has 0 fully saturated rings. The maximum atomic E-state index is 13.1. The molecule has 2 aromatic carbocycles. The van der Waals surface area contributed by atoms with E-state index < -0.39 is 28.0 Å². The first-order valence-corrected chi connectivity index (χ1v) is 12.6. The number of hydrogen-bond donors (Lipinski definition) is 3. The first kappa shape index (κ1) is 26.3. The van der Waals surface area contributed by atoms with Crippen LogP contribution >= 0.6 is 0 Å². The molecule has 9 nitrogen and oxygen atoms in total. The van der Waals surface area contributed by atoms with Gasteiger partial charge in [0.2, 0.25) is 17.6 Å². The second-order valence-corrected chi connectivity index (χ2v) is 10.7. The fraction of sp³-hybridized carbons (Fsp3) is 0.375. The van der Waals surface area contributed by atoms with Crippen molar-refractivity contribution in [1.29, 1.82) is 0 Å². The smallest absolute Gasteiger partial charge is 0.261 e. The molecule has 2 atom stereocenters. The van der Waals surface area contributed by atoms with E-state index in [0.717, 1.165) is 6.42 Å². The number of alkyl halides is 1. The van der Waals surface area contributed by atoms with Gasteiger partial charge in [-0.05, 0) is 62.2 Å². The predicted octanol–water partition coefficient (Wildman–Crippen LogP) is 4.52. The van der Waals surface area contributed by atoms with Gasteiger partial charge >= 0.3 is 0 Å². The number of benzene rings is 2. The van der Waals surface area contributed by atoms with Gasteiger partial charge in [0.1, 0.15) is 6.67 Å².